The van der Waals surface area contributed by atoms with Crippen LogP contribution in [-0.2, 0) is 0 Å². The van der Waals surface area contributed by atoms with E-state index in [1.54, 1.807) is 0 Å². The van der Waals surface area contributed by atoms with Crippen molar-refractivity contribution < 1.29 is 0 Å². The zero-order chi connectivity index (χ0) is 15.6. The van der Waals surface area contributed by atoms with Gasteiger partial charge in [-0.25, -0.2) is 0 Å². The van der Waals surface area contributed by atoms with E-state index in [0.29, 0.717) is 11.8 Å². The van der Waals surface area contributed by atoms with Crippen molar-refractivity contribution in [2.75, 3.05) is 12.4 Å². The van der Waals surface area contributed by atoms with Crippen LogP contribution in [0.2, 0.25) is 5.02 Å². The molecule has 0 aliphatic carbocycles. The predicted molar refractivity (Wildman–Crippen MR) is 94.4 cm³/mol. The number of halogens is 1. The quantitative estimate of drug-likeness (QED) is 0.717. The Hall–Kier alpha value is -1.47. The number of anilines is 1. The molecule has 0 aliphatic heterocycles. The molecule has 1 atom stereocenters. The lowest BCUT2D eigenvalue weighted by molar-refractivity contribution is 0.535. The third-order valence-corrected chi connectivity index (χ3v) is 4.55. The van der Waals surface area contributed by atoms with Crippen LogP contribution in [0, 0.1) is 12.8 Å². The highest BCUT2D eigenvalue weighted by Gasteiger charge is 2.13. The monoisotopic (exact) mass is 301 g/mol. The van der Waals surface area contributed by atoms with Crippen molar-refractivity contribution in [3.63, 3.8) is 0 Å². The Labute approximate surface area is 133 Å². The van der Waals surface area contributed by atoms with Crippen molar-refractivity contribution in [2.45, 2.75) is 33.6 Å². The first-order chi connectivity index (χ1) is 9.93. The molecule has 21 heavy (non-hydrogen) atoms. The van der Waals surface area contributed by atoms with Crippen LogP contribution in [0.15, 0.2) is 36.4 Å². The van der Waals surface area contributed by atoms with Crippen LogP contribution in [0.1, 0.15) is 37.8 Å². The number of hydrogen-bond acceptors (Lipinski definition) is 1. The summed E-state index contributed by atoms with van der Waals surface area (Å²) in [6.45, 7) is 9.00. The highest BCUT2D eigenvalue weighted by Crippen LogP contribution is 2.35. The van der Waals surface area contributed by atoms with E-state index in [2.05, 4.69) is 51.2 Å². The van der Waals surface area contributed by atoms with Gasteiger partial charge < -0.3 is 5.32 Å². The summed E-state index contributed by atoms with van der Waals surface area (Å²) in [5, 5.41) is 4.01. The lowest BCUT2D eigenvalue weighted by Gasteiger charge is -2.19. The minimum absolute atomic E-state index is 0.570. The van der Waals surface area contributed by atoms with Crippen molar-refractivity contribution in [1.29, 1.82) is 0 Å². The van der Waals surface area contributed by atoms with Gasteiger partial charge in [-0.3, -0.25) is 0 Å². The molecule has 2 heteroatoms. The minimum Gasteiger partial charge on any atom is -0.388 e. The molecule has 0 fully saturated rings. The summed E-state index contributed by atoms with van der Waals surface area (Å²) < 4.78 is 0. The minimum atomic E-state index is 0.570. The van der Waals surface area contributed by atoms with E-state index in [9.17, 15) is 0 Å². The molecule has 2 rings (SSSR count). The van der Waals surface area contributed by atoms with Crippen LogP contribution in [0.5, 0.6) is 0 Å². The van der Waals surface area contributed by atoms with Crippen LogP contribution in [0.25, 0.3) is 11.1 Å². The summed E-state index contributed by atoms with van der Waals surface area (Å²) in [6, 6.07) is 12.7. The largest absolute Gasteiger partial charge is 0.388 e. The first kappa shape index (κ1) is 15.9. The summed E-state index contributed by atoms with van der Waals surface area (Å²) in [7, 11) is 1.94. The summed E-state index contributed by atoms with van der Waals surface area (Å²) in [5.74, 6) is 1.22. The van der Waals surface area contributed by atoms with Gasteiger partial charge in [-0.15, -0.1) is 0 Å². The van der Waals surface area contributed by atoms with Crippen LogP contribution in [0.4, 0.5) is 5.69 Å². The molecule has 1 unspecified atom stereocenters. The van der Waals surface area contributed by atoms with Crippen molar-refractivity contribution in [1.82, 2.24) is 0 Å². The number of benzene rings is 2. The average molecular weight is 302 g/mol. The van der Waals surface area contributed by atoms with Gasteiger partial charge in [0.1, 0.15) is 0 Å². The molecule has 112 valence electrons. The molecule has 1 nitrogen and oxygen atoms in total. The Morgan fingerprint density at radius 2 is 1.67 bits per heavy atom. The molecule has 0 aromatic heterocycles. The van der Waals surface area contributed by atoms with Gasteiger partial charge in [0.2, 0.25) is 0 Å². The molecular weight excluding hydrogens is 278 g/mol. The van der Waals surface area contributed by atoms with Gasteiger partial charge in [0, 0.05) is 23.3 Å². The normalized spacial score (nSPS) is 12.5. The SMILES string of the molecule is CNc1ccc(Cl)cc1-c1ccc(C(C)C(C)C)cc1C. The Bertz CT molecular complexity index is 631. The molecular formula is C19H24ClN. The molecule has 2 aromatic rings. The Balaban J connectivity index is 2.49. The van der Waals surface area contributed by atoms with Gasteiger partial charge >= 0.3 is 0 Å². The van der Waals surface area contributed by atoms with Crippen molar-refractivity contribution in [3.8, 4) is 11.1 Å². The third kappa shape index (κ3) is 3.41. The number of rotatable bonds is 4. The van der Waals surface area contributed by atoms with Gasteiger partial charge in [-0.2, -0.15) is 0 Å². The van der Waals surface area contributed by atoms with Crippen LogP contribution < -0.4 is 5.32 Å². The lowest BCUT2D eigenvalue weighted by atomic mass is 9.87. The molecule has 0 saturated heterocycles. The number of nitrogens with one attached hydrogen (secondary N) is 1. The van der Waals surface area contributed by atoms with E-state index in [4.69, 9.17) is 11.6 Å². The summed E-state index contributed by atoms with van der Waals surface area (Å²) in [6.07, 6.45) is 0. The maximum atomic E-state index is 6.17. The van der Waals surface area contributed by atoms with E-state index in [1.807, 2.05) is 25.2 Å². The van der Waals surface area contributed by atoms with Crippen LogP contribution in [-0.4, -0.2) is 7.05 Å². The highest BCUT2D eigenvalue weighted by molar-refractivity contribution is 6.31. The Morgan fingerprint density at radius 3 is 2.24 bits per heavy atom. The van der Waals surface area contributed by atoms with Gasteiger partial charge in [0.15, 0.2) is 0 Å². The fourth-order valence-corrected chi connectivity index (χ4v) is 2.79. The van der Waals surface area contributed by atoms with Gasteiger partial charge in [-0.1, -0.05) is 50.6 Å². The average Bonchev–Trinajstić information content (AvgIpc) is 2.46. The summed E-state index contributed by atoms with van der Waals surface area (Å²) in [5.41, 5.74) is 6.19. The van der Waals surface area contributed by atoms with E-state index in [1.165, 1.54) is 16.7 Å². The second-order valence-corrected chi connectivity index (χ2v) is 6.48. The number of aryl methyl sites for hydroxylation is 1. The fraction of sp³-hybridized carbons (Fsp3) is 0.368. The molecule has 0 spiro atoms. The zero-order valence-corrected chi connectivity index (χ0v) is 14.3. The summed E-state index contributed by atoms with van der Waals surface area (Å²) >= 11 is 6.17. The smallest absolute Gasteiger partial charge is 0.0418 e. The maximum absolute atomic E-state index is 6.17. The molecule has 0 heterocycles. The topological polar surface area (TPSA) is 12.0 Å². The third-order valence-electron chi connectivity index (χ3n) is 4.32. The standard InChI is InChI=1S/C19H24ClN/c1-12(2)14(4)15-6-8-17(13(3)10-15)18-11-16(20)7-9-19(18)21-5/h6-12,14,21H,1-5H3. The molecule has 0 bridgehead atoms. The molecule has 0 amide bonds. The second kappa shape index (κ2) is 6.53. The first-order valence-corrected chi connectivity index (χ1v) is 7.90. The second-order valence-electron chi connectivity index (χ2n) is 6.05. The molecule has 0 saturated carbocycles. The van der Waals surface area contributed by atoms with Crippen molar-refractivity contribution in [3.05, 3.63) is 52.5 Å². The van der Waals surface area contributed by atoms with E-state index >= 15 is 0 Å². The first-order valence-electron chi connectivity index (χ1n) is 7.52. The molecule has 2 aromatic carbocycles. The molecule has 0 radical (unpaired) electrons. The van der Waals surface area contributed by atoms with E-state index < -0.39 is 0 Å². The van der Waals surface area contributed by atoms with E-state index in [0.717, 1.165) is 16.3 Å². The van der Waals surface area contributed by atoms with Gasteiger partial charge in [-0.05, 0) is 53.6 Å². The maximum Gasteiger partial charge on any atom is 0.0418 e. The van der Waals surface area contributed by atoms with Crippen molar-refractivity contribution in [2.24, 2.45) is 5.92 Å². The summed E-state index contributed by atoms with van der Waals surface area (Å²) in [4.78, 5) is 0. The molecule has 0 aliphatic rings. The van der Waals surface area contributed by atoms with Crippen LogP contribution >= 0.6 is 11.6 Å². The highest BCUT2D eigenvalue weighted by atomic mass is 35.5. The van der Waals surface area contributed by atoms with Gasteiger partial charge in [0.05, 0.1) is 0 Å². The fourth-order valence-electron chi connectivity index (χ4n) is 2.61. The number of hydrogen-bond donors (Lipinski definition) is 1. The van der Waals surface area contributed by atoms with E-state index in [-0.39, 0.29) is 0 Å². The zero-order valence-electron chi connectivity index (χ0n) is 13.5. The van der Waals surface area contributed by atoms with Crippen molar-refractivity contribution >= 4 is 17.3 Å². The molecule has 1 N–H and O–H groups in total. The Kier molecular flexibility index (Phi) is 4.95. The predicted octanol–water partition coefficient (Wildman–Crippen LogP) is 6.12. The van der Waals surface area contributed by atoms with Gasteiger partial charge in [0.25, 0.3) is 0 Å². The lowest BCUT2D eigenvalue weighted by Crippen LogP contribution is -2.02. The van der Waals surface area contributed by atoms with Crippen LogP contribution in [0.3, 0.4) is 0 Å². The Morgan fingerprint density at radius 1 is 0.952 bits per heavy atom.